The number of fused-ring (bicyclic) bond motifs is 1. The normalized spacial score (nSPS) is 28.8. The first kappa shape index (κ1) is 18.7. The number of hydrogen-bond acceptors (Lipinski definition) is 2. The summed E-state index contributed by atoms with van der Waals surface area (Å²) in [7, 11) is 0. The summed E-state index contributed by atoms with van der Waals surface area (Å²) in [4.78, 5) is 24.6. The van der Waals surface area contributed by atoms with Crippen molar-refractivity contribution in [2.45, 2.75) is 57.5 Å². The van der Waals surface area contributed by atoms with Crippen LogP contribution in [0.4, 0.5) is 0 Å². The Labute approximate surface area is 162 Å². The number of benzene rings is 1. The van der Waals surface area contributed by atoms with Crippen LogP contribution in [0.2, 0.25) is 5.02 Å². The molecule has 0 spiro atoms. The number of rotatable bonds is 4. The van der Waals surface area contributed by atoms with Crippen molar-refractivity contribution in [2.75, 3.05) is 0 Å². The molecule has 0 bridgehead atoms. The van der Waals surface area contributed by atoms with Crippen LogP contribution in [0.5, 0.6) is 0 Å². The lowest BCUT2D eigenvalue weighted by Crippen LogP contribution is -2.55. The van der Waals surface area contributed by atoms with E-state index in [2.05, 4.69) is 33.5 Å². The molecule has 1 heterocycles. The van der Waals surface area contributed by atoms with Crippen LogP contribution in [0.3, 0.4) is 0 Å². The quantitative estimate of drug-likeness (QED) is 0.752. The second-order valence-corrected chi connectivity index (χ2v) is 8.52. The molecule has 6 heteroatoms. The van der Waals surface area contributed by atoms with E-state index in [1.165, 1.54) is 0 Å². The monoisotopic (exact) mass is 426 g/mol. The lowest BCUT2D eigenvalue weighted by atomic mass is 9.70. The topological polar surface area (TPSA) is 58.2 Å². The highest BCUT2D eigenvalue weighted by Gasteiger charge is 2.40. The summed E-state index contributed by atoms with van der Waals surface area (Å²) in [5.41, 5.74) is 0.481. The van der Waals surface area contributed by atoms with Gasteiger partial charge in [-0.25, -0.2) is 0 Å². The molecule has 3 rings (SSSR count). The number of nitrogens with one attached hydrogen (secondary N) is 2. The zero-order valence-corrected chi connectivity index (χ0v) is 16.7. The van der Waals surface area contributed by atoms with Gasteiger partial charge >= 0.3 is 0 Å². The molecule has 2 amide bonds. The third-order valence-corrected chi connectivity index (χ3v) is 6.29. The van der Waals surface area contributed by atoms with Gasteiger partial charge in [-0.3, -0.25) is 9.59 Å². The molecule has 1 aromatic carbocycles. The first-order valence-electron chi connectivity index (χ1n) is 9.03. The van der Waals surface area contributed by atoms with Crippen LogP contribution < -0.4 is 10.6 Å². The predicted molar refractivity (Wildman–Crippen MR) is 103 cm³/mol. The molecule has 1 aliphatic heterocycles. The first-order chi connectivity index (χ1) is 12.0. The summed E-state index contributed by atoms with van der Waals surface area (Å²) in [6.07, 6.45) is 5.68. The van der Waals surface area contributed by atoms with E-state index in [-0.39, 0.29) is 23.9 Å². The Morgan fingerprint density at radius 1 is 1.40 bits per heavy atom. The van der Waals surface area contributed by atoms with Gasteiger partial charge in [0, 0.05) is 23.0 Å². The van der Waals surface area contributed by atoms with E-state index in [1.807, 2.05) is 6.07 Å². The van der Waals surface area contributed by atoms with E-state index in [1.54, 1.807) is 12.1 Å². The lowest BCUT2D eigenvalue weighted by molar-refractivity contribution is -0.127. The molecular weight excluding hydrogens is 404 g/mol. The van der Waals surface area contributed by atoms with E-state index in [4.69, 9.17) is 11.6 Å². The Balaban J connectivity index is 1.65. The second kappa shape index (κ2) is 8.09. The number of piperidine rings is 1. The number of hydrogen-bond donors (Lipinski definition) is 2. The predicted octanol–water partition coefficient (Wildman–Crippen LogP) is 4.31. The first-order valence-corrected chi connectivity index (χ1v) is 10.2. The van der Waals surface area contributed by atoms with E-state index in [0.29, 0.717) is 28.8 Å². The third-order valence-electron chi connectivity index (χ3n) is 5.47. The van der Waals surface area contributed by atoms with E-state index >= 15 is 0 Å². The molecule has 4 atom stereocenters. The van der Waals surface area contributed by atoms with Gasteiger partial charge in [-0.05, 0) is 55.7 Å². The van der Waals surface area contributed by atoms with E-state index in [0.717, 1.165) is 36.6 Å². The summed E-state index contributed by atoms with van der Waals surface area (Å²) in [5, 5.41) is 6.70. The molecule has 25 heavy (non-hydrogen) atoms. The average Bonchev–Trinajstić information content (AvgIpc) is 2.56. The van der Waals surface area contributed by atoms with E-state index < -0.39 is 0 Å². The molecule has 0 radical (unpaired) electrons. The fourth-order valence-corrected chi connectivity index (χ4v) is 4.90. The molecule has 136 valence electrons. The summed E-state index contributed by atoms with van der Waals surface area (Å²) >= 11 is 9.53. The molecule has 4 nitrogen and oxygen atoms in total. The highest BCUT2D eigenvalue weighted by atomic mass is 79.9. The maximum Gasteiger partial charge on any atom is 0.253 e. The Bertz CT molecular complexity index is 667. The van der Waals surface area contributed by atoms with Gasteiger partial charge in [-0.1, -0.05) is 40.9 Å². The zero-order valence-electron chi connectivity index (χ0n) is 14.4. The molecule has 1 saturated carbocycles. The van der Waals surface area contributed by atoms with Gasteiger partial charge in [0.25, 0.3) is 5.91 Å². The lowest BCUT2D eigenvalue weighted by Gasteiger charge is -2.44. The smallest absolute Gasteiger partial charge is 0.253 e. The van der Waals surface area contributed by atoms with Crippen LogP contribution in [-0.2, 0) is 4.79 Å². The SMILES string of the molecule is CCCC1CC(=O)NC2CC(NC(=O)c3cc(Br)ccc3Cl)CCC12. The van der Waals surface area contributed by atoms with Crippen molar-refractivity contribution in [3.05, 3.63) is 33.3 Å². The van der Waals surface area contributed by atoms with Crippen LogP contribution in [0.15, 0.2) is 22.7 Å². The van der Waals surface area contributed by atoms with Crippen molar-refractivity contribution >= 4 is 39.3 Å². The summed E-state index contributed by atoms with van der Waals surface area (Å²) < 4.78 is 0.827. The highest BCUT2D eigenvalue weighted by molar-refractivity contribution is 9.10. The van der Waals surface area contributed by atoms with Crippen molar-refractivity contribution < 1.29 is 9.59 Å². The Morgan fingerprint density at radius 3 is 2.96 bits per heavy atom. The summed E-state index contributed by atoms with van der Waals surface area (Å²) in [6.45, 7) is 2.18. The summed E-state index contributed by atoms with van der Waals surface area (Å²) in [5.74, 6) is 1.03. The van der Waals surface area contributed by atoms with Gasteiger partial charge in [-0.15, -0.1) is 0 Å². The summed E-state index contributed by atoms with van der Waals surface area (Å²) in [6, 6.07) is 5.52. The van der Waals surface area contributed by atoms with Crippen LogP contribution >= 0.6 is 27.5 Å². The second-order valence-electron chi connectivity index (χ2n) is 7.20. The van der Waals surface area contributed by atoms with Crippen LogP contribution in [0.25, 0.3) is 0 Å². The minimum atomic E-state index is -0.151. The molecule has 1 aromatic rings. The molecule has 2 N–H and O–H groups in total. The zero-order chi connectivity index (χ0) is 18.0. The third kappa shape index (κ3) is 4.37. The van der Waals surface area contributed by atoms with Crippen LogP contribution in [0.1, 0.15) is 55.8 Å². The number of carbonyl (C=O) groups is 2. The minimum Gasteiger partial charge on any atom is -0.353 e. The number of carbonyl (C=O) groups excluding carboxylic acids is 2. The maximum atomic E-state index is 12.6. The molecule has 2 aliphatic rings. The average molecular weight is 428 g/mol. The van der Waals surface area contributed by atoms with Gasteiger partial charge in [0.05, 0.1) is 10.6 Å². The maximum absolute atomic E-state index is 12.6. The fourth-order valence-electron chi connectivity index (χ4n) is 4.33. The van der Waals surface area contributed by atoms with Gasteiger partial charge in [0.2, 0.25) is 5.91 Å². The molecule has 1 saturated heterocycles. The number of amides is 2. The van der Waals surface area contributed by atoms with Crippen molar-refractivity contribution in [3.8, 4) is 0 Å². The Hall–Kier alpha value is -1.07. The van der Waals surface area contributed by atoms with Crippen molar-refractivity contribution in [1.82, 2.24) is 10.6 Å². The Morgan fingerprint density at radius 2 is 2.20 bits per heavy atom. The van der Waals surface area contributed by atoms with Gasteiger partial charge < -0.3 is 10.6 Å². The molecule has 2 fully saturated rings. The van der Waals surface area contributed by atoms with Gasteiger partial charge in [0.1, 0.15) is 0 Å². The van der Waals surface area contributed by atoms with Gasteiger partial charge in [-0.2, -0.15) is 0 Å². The van der Waals surface area contributed by atoms with Crippen LogP contribution in [-0.4, -0.2) is 23.9 Å². The van der Waals surface area contributed by atoms with E-state index in [9.17, 15) is 9.59 Å². The van der Waals surface area contributed by atoms with Crippen molar-refractivity contribution in [2.24, 2.45) is 11.8 Å². The number of halogens is 2. The van der Waals surface area contributed by atoms with Crippen molar-refractivity contribution in [3.63, 3.8) is 0 Å². The van der Waals surface area contributed by atoms with Crippen molar-refractivity contribution in [1.29, 1.82) is 0 Å². The van der Waals surface area contributed by atoms with Crippen LogP contribution in [0, 0.1) is 11.8 Å². The molecule has 1 aliphatic carbocycles. The Kier molecular flexibility index (Phi) is 6.05. The fraction of sp³-hybridized carbons (Fsp3) is 0.579. The largest absolute Gasteiger partial charge is 0.353 e. The minimum absolute atomic E-state index is 0.0736. The molecular formula is C19H24BrClN2O2. The molecule has 4 unspecified atom stereocenters. The highest BCUT2D eigenvalue weighted by Crippen LogP contribution is 2.37. The molecule has 0 aromatic heterocycles. The standard InChI is InChI=1S/C19H24BrClN2O2/c1-2-3-11-8-18(24)23-17-10-13(5-6-14(11)17)22-19(25)15-9-12(20)4-7-16(15)21/h4,7,9,11,13-14,17H,2-3,5-6,8,10H2,1H3,(H,22,25)(H,23,24). The van der Waals surface area contributed by atoms with Gasteiger partial charge in [0.15, 0.2) is 0 Å².